The number of hydrogen-bond donors (Lipinski definition) is 0. The van der Waals surface area contributed by atoms with Gasteiger partial charge in [0.2, 0.25) is 0 Å². The summed E-state index contributed by atoms with van der Waals surface area (Å²) in [5.41, 5.74) is 0. The van der Waals surface area contributed by atoms with Crippen molar-refractivity contribution in [1.29, 1.82) is 0 Å². The topological polar surface area (TPSA) is 6.48 Å². The van der Waals surface area contributed by atoms with Crippen LogP contribution in [0.5, 0.6) is 0 Å². The molecule has 0 saturated carbocycles. The second-order valence-electron chi connectivity index (χ2n) is 9.03. The van der Waals surface area contributed by atoms with E-state index in [2.05, 4.69) is 35.4 Å². The Hall–Kier alpha value is 0.270. The second kappa shape index (κ2) is 6.53. The first-order valence-corrected chi connectivity index (χ1v) is 11.1. The molecule has 0 amide bonds. The highest BCUT2D eigenvalue weighted by Crippen LogP contribution is 2.58. The summed E-state index contributed by atoms with van der Waals surface area (Å²) in [5.74, 6) is 0. The summed E-state index contributed by atoms with van der Waals surface area (Å²) in [4.78, 5) is 5.74. The first-order valence-electron chi connectivity index (χ1n) is 10.3. The molecule has 4 atom stereocenters. The summed E-state index contributed by atoms with van der Waals surface area (Å²) in [6, 6.07) is 1.70. The molecule has 0 aromatic heterocycles. The Morgan fingerprint density at radius 1 is 0.652 bits per heavy atom. The summed E-state index contributed by atoms with van der Waals surface area (Å²) in [5, 5.41) is 0. The Labute approximate surface area is 147 Å². The van der Waals surface area contributed by atoms with E-state index in [4.69, 9.17) is 0 Å². The standard InChI is InChI=1S/C20H36N2S/c1-19-11-9-18(22-15-7-4-8-16-22)20(2,23-19)12-10-17(19)21-13-5-3-6-14-21/h17-18H,3-16H2,1-2H3. The van der Waals surface area contributed by atoms with Gasteiger partial charge in [-0.15, -0.1) is 11.8 Å². The van der Waals surface area contributed by atoms with Gasteiger partial charge in [-0.3, -0.25) is 9.80 Å². The molecule has 2 nitrogen and oxygen atoms in total. The average Bonchev–Trinajstić information content (AvgIpc) is 2.56. The molecule has 2 bridgehead atoms. The monoisotopic (exact) mass is 336 g/mol. The molecule has 4 aliphatic rings. The third-order valence-electron chi connectivity index (χ3n) is 7.37. The van der Waals surface area contributed by atoms with Crippen molar-refractivity contribution in [3.8, 4) is 0 Å². The predicted molar refractivity (Wildman–Crippen MR) is 101 cm³/mol. The van der Waals surface area contributed by atoms with Crippen molar-refractivity contribution < 1.29 is 0 Å². The van der Waals surface area contributed by atoms with Gasteiger partial charge in [0.25, 0.3) is 0 Å². The lowest BCUT2D eigenvalue weighted by Gasteiger charge is -2.61. The molecule has 0 aromatic rings. The molecule has 0 spiro atoms. The summed E-state index contributed by atoms with van der Waals surface area (Å²) in [7, 11) is 0. The molecule has 4 aliphatic heterocycles. The van der Waals surface area contributed by atoms with E-state index in [0.717, 1.165) is 12.1 Å². The fraction of sp³-hybridized carbons (Fsp3) is 1.00. The van der Waals surface area contributed by atoms with Crippen LogP contribution in [0.3, 0.4) is 0 Å². The Kier molecular flexibility index (Phi) is 4.75. The van der Waals surface area contributed by atoms with Crippen LogP contribution in [0.1, 0.15) is 78.1 Å². The van der Waals surface area contributed by atoms with Gasteiger partial charge >= 0.3 is 0 Å². The molecule has 23 heavy (non-hydrogen) atoms. The SMILES string of the molecule is CC12CCC(N3CCCCC3)C(C)(CCC1N1CCCCC1)S2. The van der Waals surface area contributed by atoms with E-state index in [1.54, 1.807) is 0 Å². The van der Waals surface area contributed by atoms with Crippen molar-refractivity contribution in [2.75, 3.05) is 26.2 Å². The quantitative estimate of drug-likeness (QED) is 0.731. The number of rotatable bonds is 2. The molecular weight excluding hydrogens is 300 g/mol. The van der Waals surface area contributed by atoms with Crippen LogP contribution in [0.2, 0.25) is 0 Å². The lowest BCUT2D eigenvalue weighted by atomic mass is 9.77. The maximum Gasteiger partial charge on any atom is 0.0293 e. The average molecular weight is 337 g/mol. The third-order valence-corrected chi connectivity index (χ3v) is 9.25. The minimum atomic E-state index is 0.511. The normalized spacial score (nSPS) is 46.7. The van der Waals surface area contributed by atoms with Gasteiger partial charge in [0.05, 0.1) is 0 Å². The number of hydrogen-bond acceptors (Lipinski definition) is 3. The first-order chi connectivity index (χ1) is 11.1. The van der Waals surface area contributed by atoms with Gasteiger partial charge in [-0.05, 0) is 91.4 Å². The van der Waals surface area contributed by atoms with E-state index in [-0.39, 0.29) is 0 Å². The molecule has 0 aliphatic carbocycles. The molecule has 4 rings (SSSR count). The van der Waals surface area contributed by atoms with Crippen LogP contribution in [-0.4, -0.2) is 57.6 Å². The molecule has 4 fully saturated rings. The van der Waals surface area contributed by atoms with E-state index < -0.39 is 0 Å². The van der Waals surface area contributed by atoms with Gasteiger partial charge in [-0.25, -0.2) is 0 Å². The fourth-order valence-electron chi connectivity index (χ4n) is 6.16. The maximum absolute atomic E-state index is 2.87. The van der Waals surface area contributed by atoms with Crippen molar-refractivity contribution in [3.05, 3.63) is 0 Å². The van der Waals surface area contributed by atoms with Crippen LogP contribution in [0, 0.1) is 0 Å². The second-order valence-corrected chi connectivity index (χ2v) is 11.1. The largest absolute Gasteiger partial charge is 0.299 e. The number of fused-ring (bicyclic) bond motifs is 2. The Bertz CT molecular complexity index is 378. The van der Waals surface area contributed by atoms with E-state index in [1.165, 1.54) is 90.4 Å². The summed E-state index contributed by atoms with van der Waals surface area (Å²) in [6.45, 7) is 10.7. The van der Waals surface area contributed by atoms with Crippen molar-refractivity contribution in [2.24, 2.45) is 0 Å². The van der Waals surface area contributed by atoms with Gasteiger partial charge in [-0.2, -0.15) is 0 Å². The summed E-state index contributed by atoms with van der Waals surface area (Å²) in [6.07, 6.45) is 14.4. The van der Waals surface area contributed by atoms with Gasteiger partial charge in [-0.1, -0.05) is 12.8 Å². The molecule has 4 unspecified atom stereocenters. The van der Waals surface area contributed by atoms with Gasteiger partial charge < -0.3 is 0 Å². The van der Waals surface area contributed by atoms with Gasteiger partial charge in [0, 0.05) is 21.6 Å². The summed E-state index contributed by atoms with van der Waals surface area (Å²) >= 11 is 2.40. The van der Waals surface area contributed by atoms with E-state index in [1.807, 2.05) is 0 Å². The molecule has 132 valence electrons. The van der Waals surface area contributed by atoms with Crippen LogP contribution in [0.25, 0.3) is 0 Å². The van der Waals surface area contributed by atoms with E-state index >= 15 is 0 Å². The molecule has 4 heterocycles. The molecule has 0 aromatic carbocycles. The zero-order valence-electron chi connectivity index (χ0n) is 15.4. The molecule has 0 radical (unpaired) electrons. The minimum Gasteiger partial charge on any atom is -0.299 e. The van der Waals surface area contributed by atoms with Crippen molar-refractivity contribution in [1.82, 2.24) is 9.80 Å². The number of thioether (sulfide) groups is 1. The van der Waals surface area contributed by atoms with Gasteiger partial charge in [0.1, 0.15) is 0 Å². The van der Waals surface area contributed by atoms with E-state index in [0.29, 0.717) is 9.49 Å². The van der Waals surface area contributed by atoms with Crippen LogP contribution in [-0.2, 0) is 0 Å². The zero-order chi connectivity index (χ0) is 15.9. The third kappa shape index (κ3) is 3.11. The highest BCUT2D eigenvalue weighted by molar-refractivity contribution is 8.02. The number of nitrogens with zero attached hydrogens (tertiary/aromatic N) is 2. The number of piperidine rings is 2. The van der Waals surface area contributed by atoms with E-state index in [9.17, 15) is 0 Å². The molecule has 0 N–H and O–H groups in total. The molecule has 4 saturated heterocycles. The predicted octanol–water partition coefficient (Wildman–Crippen LogP) is 4.53. The molecule has 3 heteroatoms. The van der Waals surface area contributed by atoms with Crippen LogP contribution in [0.15, 0.2) is 0 Å². The highest BCUT2D eigenvalue weighted by Gasteiger charge is 2.55. The minimum absolute atomic E-state index is 0.511. The Morgan fingerprint density at radius 2 is 1.04 bits per heavy atom. The zero-order valence-corrected chi connectivity index (χ0v) is 16.2. The van der Waals surface area contributed by atoms with Crippen molar-refractivity contribution in [3.63, 3.8) is 0 Å². The lowest BCUT2D eigenvalue weighted by molar-refractivity contribution is 0.0604. The summed E-state index contributed by atoms with van der Waals surface area (Å²) < 4.78 is 1.02. The highest BCUT2D eigenvalue weighted by atomic mass is 32.2. The Morgan fingerprint density at radius 3 is 1.43 bits per heavy atom. The van der Waals surface area contributed by atoms with Crippen molar-refractivity contribution in [2.45, 2.75) is 99.6 Å². The maximum atomic E-state index is 2.87. The van der Waals surface area contributed by atoms with Crippen LogP contribution in [0.4, 0.5) is 0 Å². The lowest BCUT2D eigenvalue weighted by Crippen LogP contribution is -2.64. The van der Waals surface area contributed by atoms with Crippen molar-refractivity contribution >= 4 is 11.8 Å². The van der Waals surface area contributed by atoms with Gasteiger partial charge in [0.15, 0.2) is 0 Å². The smallest absolute Gasteiger partial charge is 0.0293 e. The molecular formula is C20H36N2S. The number of likely N-dealkylation sites (tertiary alicyclic amines) is 2. The van der Waals surface area contributed by atoms with Crippen LogP contribution >= 0.6 is 11.8 Å². The fourth-order valence-corrected chi connectivity index (χ4v) is 8.47. The van der Waals surface area contributed by atoms with Crippen LogP contribution < -0.4 is 0 Å². The Balaban J connectivity index is 1.49. The first kappa shape index (κ1) is 16.7.